The Morgan fingerprint density at radius 1 is 1.13 bits per heavy atom. The van der Waals surface area contributed by atoms with Gasteiger partial charge in [-0.2, -0.15) is 0 Å². The van der Waals surface area contributed by atoms with E-state index in [1.165, 1.54) is 6.26 Å². The molecule has 1 saturated heterocycles. The van der Waals surface area contributed by atoms with Crippen LogP contribution < -0.4 is 14.8 Å². The van der Waals surface area contributed by atoms with Crippen molar-refractivity contribution in [2.75, 3.05) is 46.4 Å². The molecule has 1 aliphatic heterocycles. The van der Waals surface area contributed by atoms with E-state index in [-0.39, 0.29) is 36.0 Å². The maximum Gasteiger partial charge on any atom is 0.289 e. The van der Waals surface area contributed by atoms with Crippen molar-refractivity contribution in [2.24, 2.45) is 4.99 Å². The quantitative estimate of drug-likeness (QED) is 0.329. The summed E-state index contributed by atoms with van der Waals surface area (Å²) in [5.41, 5.74) is 0. The molecule has 0 spiro atoms. The second-order valence-electron chi connectivity index (χ2n) is 7.06. The van der Waals surface area contributed by atoms with Crippen LogP contribution in [0.5, 0.6) is 11.5 Å². The Morgan fingerprint density at radius 3 is 2.35 bits per heavy atom. The van der Waals surface area contributed by atoms with Crippen LogP contribution in [0.2, 0.25) is 0 Å². The third-order valence-corrected chi connectivity index (χ3v) is 4.83. The van der Waals surface area contributed by atoms with E-state index in [2.05, 4.69) is 10.2 Å². The fourth-order valence-electron chi connectivity index (χ4n) is 3.24. The predicted octanol–water partition coefficient (Wildman–Crippen LogP) is 3.10. The molecule has 0 radical (unpaired) electrons. The molecule has 1 aliphatic rings. The van der Waals surface area contributed by atoms with Gasteiger partial charge in [-0.05, 0) is 50.2 Å². The molecule has 0 saturated carbocycles. The standard InChI is InChI=1S/C22H30N4O4.HI/c1-4-23-22(24-16-17(2)30-19-9-7-18(28-3)8-10-19)26-13-11-25(12-14-26)21(27)20-6-5-15-29-20;/h5-10,15,17H,4,11-14,16H2,1-3H3,(H,23,24);1H. The minimum Gasteiger partial charge on any atom is -0.497 e. The number of nitrogens with zero attached hydrogens (tertiary/aromatic N) is 3. The Bertz CT molecular complexity index is 819. The van der Waals surface area contributed by atoms with E-state index in [1.54, 1.807) is 19.2 Å². The predicted molar refractivity (Wildman–Crippen MR) is 131 cm³/mol. The van der Waals surface area contributed by atoms with Crippen LogP contribution >= 0.6 is 24.0 Å². The monoisotopic (exact) mass is 542 g/mol. The number of benzene rings is 1. The fraction of sp³-hybridized carbons (Fsp3) is 0.455. The third-order valence-electron chi connectivity index (χ3n) is 4.83. The third kappa shape index (κ3) is 7.05. The first-order valence-corrected chi connectivity index (χ1v) is 10.3. The van der Waals surface area contributed by atoms with E-state index in [0.717, 1.165) is 24.0 Å². The zero-order chi connectivity index (χ0) is 21.3. The van der Waals surface area contributed by atoms with Gasteiger partial charge in [0.15, 0.2) is 11.7 Å². The molecule has 3 rings (SSSR count). The highest BCUT2D eigenvalue weighted by Crippen LogP contribution is 2.18. The van der Waals surface area contributed by atoms with Gasteiger partial charge in [0.25, 0.3) is 5.91 Å². The summed E-state index contributed by atoms with van der Waals surface area (Å²) in [5.74, 6) is 2.74. The van der Waals surface area contributed by atoms with E-state index in [9.17, 15) is 4.79 Å². The lowest BCUT2D eigenvalue weighted by molar-refractivity contribution is 0.0657. The van der Waals surface area contributed by atoms with E-state index in [0.29, 0.717) is 38.5 Å². The van der Waals surface area contributed by atoms with Crippen LogP contribution in [0.15, 0.2) is 52.1 Å². The number of aliphatic imine (C=N–C) groups is 1. The molecule has 170 valence electrons. The smallest absolute Gasteiger partial charge is 0.289 e. The number of nitrogens with one attached hydrogen (secondary N) is 1. The number of ether oxygens (including phenoxy) is 2. The van der Waals surface area contributed by atoms with Gasteiger partial charge in [0, 0.05) is 32.7 Å². The van der Waals surface area contributed by atoms with Crippen molar-refractivity contribution in [3.8, 4) is 11.5 Å². The summed E-state index contributed by atoms with van der Waals surface area (Å²) in [6.45, 7) is 8.03. The Balaban J connectivity index is 0.00000341. The fourth-order valence-corrected chi connectivity index (χ4v) is 3.24. The first-order chi connectivity index (χ1) is 14.6. The lowest BCUT2D eigenvalue weighted by Gasteiger charge is -2.36. The zero-order valence-electron chi connectivity index (χ0n) is 18.2. The largest absolute Gasteiger partial charge is 0.497 e. The van der Waals surface area contributed by atoms with Crippen molar-refractivity contribution in [1.29, 1.82) is 0 Å². The lowest BCUT2D eigenvalue weighted by atomic mass is 10.3. The number of furan rings is 1. The number of amides is 1. The van der Waals surface area contributed by atoms with Gasteiger partial charge in [0.2, 0.25) is 0 Å². The number of guanidine groups is 1. The van der Waals surface area contributed by atoms with Crippen molar-refractivity contribution in [2.45, 2.75) is 20.0 Å². The van der Waals surface area contributed by atoms with Crippen molar-refractivity contribution >= 4 is 35.8 Å². The van der Waals surface area contributed by atoms with E-state index in [1.807, 2.05) is 43.0 Å². The van der Waals surface area contributed by atoms with Gasteiger partial charge in [0.05, 0.1) is 19.9 Å². The molecule has 1 unspecified atom stereocenters. The molecule has 31 heavy (non-hydrogen) atoms. The zero-order valence-corrected chi connectivity index (χ0v) is 20.6. The van der Waals surface area contributed by atoms with Gasteiger partial charge in [0.1, 0.15) is 17.6 Å². The van der Waals surface area contributed by atoms with Crippen molar-refractivity contribution in [3.05, 3.63) is 48.4 Å². The summed E-state index contributed by atoms with van der Waals surface area (Å²) < 4.78 is 16.3. The molecule has 1 N–H and O–H groups in total. The Hall–Kier alpha value is -2.43. The second kappa shape index (κ2) is 12.4. The normalized spacial score (nSPS) is 15.1. The molecular formula is C22H31IN4O4. The molecular weight excluding hydrogens is 511 g/mol. The molecule has 1 aromatic carbocycles. The molecule has 2 heterocycles. The second-order valence-corrected chi connectivity index (χ2v) is 7.06. The Morgan fingerprint density at radius 2 is 1.77 bits per heavy atom. The van der Waals surface area contributed by atoms with Crippen molar-refractivity contribution in [1.82, 2.24) is 15.1 Å². The van der Waals surface area contributed by atoms with E-state index in [4.69, 9.17) is 18.9 Å². The number of carbonyl (C=O) groups is 1. The van der Waals surface area contributed by atoms with Gasteiger partial charge < -0.3 is 29.0 Å². The summed E-state index contributed by atoms with van der Waals surface area (Å²) in [6.07, 6.45) is 1.45. The summed E-state index contributed by atoms with van der Waals surface area (Å²) in [7, 11) is 1.64. The molecule has 1 fully saturated rings. The molecule has 9 heteroatoms. The van der Waals surface area contributed by atoms with Crippen LogP contribution in [0.3, 0.4) is 0 Å². The molecule has 0 aliphatic carbocycles. The molecule has 1 amide bonds. The van der Waals surface area contributed by atoms with Crippen LogP contribution in [0, 0.1) is 0 Å². The highest BCUT2D eigenvalue weighted by atomic mass is 127. The summed E-state index contributed by atoms with van der Waals surface area (Å²) in [4.78, 5) is 21.2. The SMILES string of the molecule is CCNC(=NCC(C)Oc1ccc(OC)cc1)N1CCN(C(=O)c2ccco2)CC1.I. The maximum absolute atomic E-state index is 12.4. The molecule has 0 bridgehead atoms. The lowest BCUT2D eigenvalue weighted by Crippen LogP contribution is -2.53. The van der Waals surface area contributed by atoms with Gasteiger partial charge in [-0.3, -0.25) is 4.79 Å². The van der Waals surface area contributed by atoms with Crippen molar-refractivity contribution < 1.29 is 18.7 Å². The van der Waals surface area contributed by atoms with E-state index >= 15 is 0 Å². The Labute approximate surface area is 200 Å². The number of carbonyl (C=O) groups excluding carboxylic acids is 1. The van der Waals surface area contributed by atoms with Crippen LogP contribution in [-0.2, 0) is 0 Å². The number of rotatable bonds is 7. The molecule has 8 nitrogen and oxygen atoms in total. The number of piperazine rings is 1. The van der Waals surface area contributed by atoms with E-state index < -0.39 is 0 Å². The minimum absolute atomic E-state index is 0. The summed E-state index contributed by atoms with van der Waals surface area (Å²) in [6, 6.07) is 11.0. The highest BCUT2D eigenvalue weighted by Gasteiger charge is 2.25. The summed E-state index contributed by atoms with van der Waals surface area (Å²) in [5, 5.41) is 3.34. The molecule has 1 aromatic heterocycles. The maximum atomic E-state index is 12.4. The van der Waals surface area contributed by atoms with Gasteiger partial charge in [-0.25, -0.2) is 4.99 Å². The number of hydrogen-bond acceptors (Lipinski definition) is 5. The summed E-state index contributed by atoms with van der Waals surface area (Å²) >= 11 is 0. The number of halogens is 1. The average molecular weight is 542 g/mol. The van der Waals surface area contributed by atoms with Crippen molar-refractivity contribution in [3.63, 3.8) is 0 Å². The van der Waals surface area contributed by atoms with Crippen LogP contribution in [0.25, 0.3) is 0 Å². The highest BCUT2D eigenvalue weighted by molar-refractivity contribution is 14.0. The van der Waals surface area contributed by atoms with Gasteiger partial charge in [-0.15, -0.1) is 24.0 Å². The first kappa shape index (κ1) is 24.8. The van der Waals surface area contributed by atoms with Crippen LogP contribution in [-0.4, -0.2) is 74.1 Å². The first-order valence-electron chi connectivity index (χ1n) is 10.3. The topological polar surface area (TPSA) is 79.5 Å². The number of hydrogen-bond donors (Lipinski definition) is 1. The van der Waals surface area contributed by atoms with Crippen LogP contribution in [0.1, 0.15) is 24.4 Å². The van der Waals surface area contributed by atoms with Crippen LogP contribution in [0.4, 0.5) is 0 Å². The number of methoxy groups -OCH3 is 1. The van der Waals surface area contributed by atoms with Gasteiger partial charge >= 0.3 is 0 Å². The molecule has 1 atom stereocenters. The minimum atomic E-state index is -0.0751. The average Bonchev–Trinajstić information content (AvgIpc) is 3.32. The van der Waals surface area contributed by atoms with Gasteiger partial charge in [-0.1, -0.05) is 0 Å². The Kier molecular flexibility index (Phi) is 9.96. The molecule has 2 aromatic rings.